The molecular formula is C30H29N9O3. The molecule has 42 heavy (non-hydrogen) atoms. The van der Waals surface area contributed by atoms with E-state index in [1.165, 1.54) is 0 Å². The van der Waals surface area contributed by atoms with E-state index in [0.717, 1.165) is 24.3 Å². The Balaban J connectivity index is 1.35. The molecule has 1 aliphatic rings. The molecule has 4 heterocycles. The molecule has 0 unspecified atom stereocenters. The second-order valence-corrected chi connectivity index (χ2v) is 9.63. The summed E-state index contributed by atoms with van der Waals surface area (Å²) in [4.78, 5) is 17.8. The molecule has 0 aliphatic carbocycles. The highest BCUT2D eigenvalue weighted by molar-refractivity contribution is 5.76. The third kappa shape index (κ3) is 5.64. The number of β-amino-alcohol motifs (C(OH)–C–C–N with tert-alkyl or cyclic N) is 1. The Kier molecular flexibility index (Phi) is 7.76. The molecule has 12 nitrogen and oxygen atoms in total. The number of aliphatic hydroxyl groups excluding tert-OH is 1. The average Bonchev–Trinajstić information content (AvgIpc) is 3.44. The van der Waals surface area contributed by atoms with Crippen LogP contribution in [-0.4, -0.2) is 81.0 Å². The first-order valence-corrected chi connectivity index (χ1v) is 13.5. The van der Waals surface area contributed by atoms with Crippen LogP contribution in [0.2, 0.25) is 0 Å². The summed E-state index contributed by atoms with van der Waals surface area (Å²) in [5.41, 5.74) is 2.56. The topological polar surface area (TPSA) is 137 Å². The van der Waals surface area contributed by atoms with Gasteiger partial charge in [-0.05, 0) is 60.7 Å². The molecule has 1 fully saturated rings. The Morgan fingerprint density at radius 1 is 0.905 bits per heavy atom. The lowest BCUT2D eigenvalue weighted by Gasteiger charge is -2.35. The number of methoxy groups -OCH3 is 1. The van der Waals surface area contributed by atoms with Crippen molar-refractivity contribution in [2.75, 3.05) is 56.7 Å². The molecule has 212 valence electrons. The number of benzene rings is 2. The molecule has 5 aromatic rings. The third-order valence-electron chi connectivity index (χ3n) is 7.03. The standard InChI is InChI=1S/C30H29N9O3/c1-41-23-6-2-21(3-7-23)27-26(20-31)28(38-16-14-37(15-17-38)18-19-40)34-30-35-29(36-39(27)30)33-22-4-8-24(9-5-22)42-25-10-12-32-13-11-25/h2-13,40H,14-19H2,1H3,(H,33,36). The van der Waals surface area contributed by atoms with Gasteiger partial charge in [0.1, 0.15) is 28.9 Å². The number of nitriles is 1. The number of hydrogen-bond donors (Lipinski definition) is 2. The zero-order chi connectivity index (χ0) is 28.9. The third-order valence-corrected chi connectivity index (χ3v) is 7.03. The minimum atomic E-state index is 0.116. The Morgan fingerprint density at radius 3 is 2.26 bits per heavy atom. The molecule has 0 amide bonds. The van der Waals surface area contributed by atoms with Gasteiger partial charge in [0.05, 0.1) is 19.4 Å². The summed E-state index contributed by atoms with van der Waals surface area (Å²) in [7, 11) is 1.61. The molecule has 1 aliphatic heterocycles. The van der Waals surface area contributed by atoms with Crippen LogP contribution in [0.5, 0.6) is 17.2 Å². The van der Waals surface area contributed by atoms with Gasteiger partial charge in [0, 0.05) is 56.4 Å². The van der Waals surface area contributed by atoms with Crippen LogP contribution in [0.25, 0.3) is 17.0 Å². The summed E-state index contributed by atoms with van der Waals surface area (Å²) in [5.74, 6) is 3.36. The molecule has 1 saturated heterocycles. The number of nitrogens with one attached hydrogen (secondary N) is 1. The highest BCUT2D eigenvalue weighted by atomic mass is 16.5. The maximum atomic E-state index is 10.4. The number of pyridine rings is 1. The molecule has 0 spiro atoms. The van der Waals surface area contributed by atoms with E-state index in [4.69, 9.17) is 19.6 Å². The first kappa shape index (κ1) is 26.9. The van der Waals surface area contributed by atoms with Crippen LogP contribution in [0.15, 0.2) is 73.1 Å². The number of aliphatic hydroxyl groups is 1. The molecule has 0 bridgehead atoms. The molecule has 6 rings (SSSR count). The predicted molar refractivity (Wildman–Crippen MR) is 157 cm³/mol. The Bertz CT molecular complexity index is 1690. The van der Waals surface area contributed by atoms with Gasteiger partial charge in [-0.15, -0.1) is 5.10 Å². The number of anilines is 3. The lowest BCUT2D eigenvalue weighted by Crippen LogP contribution is -2.47. The van der Waals surface area contributed by atoms with Gasteiger partial charge in [-0.1, -0.05) is 0 Å². The van der Waals surface area contributed by atoms with E-state index < -0.39 is 0 Å². The molecule has 3 aromatic heterocycles. The van der Waals surface area contributed by atoms with E-state index in [1.807, 2.05) is 48.5 Å². The molecular weight excluding hydrogens is 534 g/mol. The monoisotopic (exact) mass is 563 g/mol. The Morgan fingerprint density at radius 2 is 1.60 bits per heavy atom. The van der Waals surface area contributed by atoms with E-state index in [0.29, 0.717) is 65.7 Å². The highest BCUT2D eigenvalue weighted by Gasteiger charge is 2.26. The highest BCUT2D eigenvalue weighted by Crippen LogP contribution is 2.32. The van der Waals surface area contributed by atoms with E-state index in [-0.39, 0.29) is 6.61 Å². The first-order chi connectivity index (χ1) is 20.6. The van der Waals surface area contributed by atoms with Crippen LogP contribution >= 0.6 is 0 Å². The average molecular weight is 564 g/mol. The largest absolute Gasteiger partial charge is 0.497 e. The summed E-state index contributed by atoms with van der Waals surface area (Å²) >= 11 is 0. The van der Waals surface area contributed by atoms with E-state index in [2.05, 4.69) is 31.2 Å². The zero-order valence-corrected chi connectivity index (χ0v) is 23.0. The van der Waals surface area contributed by atoms with Crippen LogP contribution < -0.4 is 19.7 Å². The smallest absolute Gasteiger partial charge is 0.256 e. The van der Waals surface area contributed by atoms with Crippen molar-refractivity contribution in [3.05, 3.63) is 78.6 Å². The molecule has 0 radical (unpaired) electrons. The lowest BCUT2D eigenvalue weighted by atomic mass is 10.1. The summed E-state index contributed by atoms with van der Waals surface area (Å²) in [6.07, 6.45) is 3.35. The van der Waals surface area contributed by atoms with Crippen molar-refractivity contribution < 1.29 is 14.6 Å². The molecule has 0 saturated carbocycles. The van der Waals surface area contributed by atoms with Crippen LogP contribution in [0.1, 0.15) is 5.56 Å². The maximum Gasteiger partial charge on any atom is 0.256 e. The Hall–Kier alpha value is -5.25. The minimum absolute atomic E-state index is 0.116. The fourth-order valence-electron chi connectivity index (χ4n) is 4.89. The number of piperazine rings is 1. The second-order valence-electron chi connectivity index (χ2n) is 9.63. The number of hydrogen-bond acceptors (Lipinski definition) is 11. The van der Waals surface area contributed by atoms with Gasteiger partial charge in [0.15, 0.2) is 5.82 Å². The van der Waals surface area contributed by atoms with Gasteiger partial charge in [0.2, 0.25) is 5.95 Å². The molecule has 0 atom stereocenters. The SMILES string of the molecule is COc1ccc(-c2c(C#N)c(N3CCN(CCO)CC3)nc3nc(Nc4ccc(Oc5ccncc5)cc4)nn23)cc1. The van der Waals surface area contributed by atoms with E-state index >= 15 is 0 Å². The van der Waals surface area contributed by atoms with Crippen LogP contribution in [-0.2, 0) is 0 Å². The van der Waals surface area contributed by atoms with Crippen molar-refractivity contribution in [1.29, 1.82) is 5.26 Å². The number of rotatable bonds is 9. The molecule has 2 N–H and O–H groups in total. The van der Waals surface area contributed by atoms with Gasteiger partial charge in [-0.25, -0.2) is 0 Å². The predicted octanol–water partition coefficient (Wildman–Crippen LogP) is 3.72. The van der Waals surface area contributed by atoms with E-state index in [1.54, 1.807) is 36.2 Å². The van der Waals surface area contributed by atoms with Crippen molar-refractivity contribution in [2.45, 2.75) is 0 Å². The quantitative estimate of drug-likeness (QED) is 0.271. The minimum Gasteiger partial charge on any atom is -0.497 e. The van der Waals surface area contributed by atoms with Gasteiger partial charge in [-0.3, -0.25) is 9.88 Å². The second kappa shape index (κ2) is 12.1. The van der Waals surface area contributed by atoms with Crippen LogP contribution in [0.3, 0.4) is 0 Å². The summed E-state index contributed by atoms with van der Waals surface area (Å²) < 4.78 is 12.8. The number of ether oxygens (including phenoxy) is 2. The normalized spacial score (nSPS) is 13.6. The molecule has 12 heteroatoms. The molecule has 2 aromatic carbocycles. The van der Waals surface area contributed by atoms with Crippen molar-refractivity contribution >= 4 is 23.2 Å². The van der Waals surface area contributed by atoms with Crippen LogP contribution in [0, 0.1) is 11.3 Å². The Labute approximate surface area is 242 Å². The summed E-state index contributed by atoms with van der Waals surface area (Å²) in [6.45, 7) is 3.61. The number of nitrogens with zero attached hydrogens (tertiary/aromatic N) is 8. The first-order valence-electron chi connectivity index (χ1n) is 13.5. The number of aromatic nitrogens is 5. The van der Waals surface area contributed by atoms with Crippen molar-refractivity contribution in [1.82, 2.24) is 29.5 Å². The summed E-state index contributed by atoms with van der Waals surface area (Å²) in [5, 5.41) is 27.7. The van der Waals surface area contributed by atoms with Crippen LogP contribution in [0.4, 0.5) is 17.5 Å². The van der Waals surface area contributed by atoms with Gasteiger partial charge < -0.3 is 24.8 Å². The van der Waals surface area contributed by atoms with Gasteiger partial charge in [-0.2, -0.15) is 19.7 Å². The van der Waals surface area contributed by atoms with Crippen molar-refractivity contribution in [3.63, 3.8) is 0 Å². The van der Waals surface area contributed by atoms with Gasteiger partial charge >= 0.3 is 0 Å². The van der Waals surface area contributed by atoms with Gasteiger partial charge in [0.25, 0.3) is 5.78 Å². The fourth-order valence-corrected chi connectivity index (χ4v) is 4.89. The summed E-state index contributed by atoms with van der Waals surface area (Å²) in [6, 6.07) is 20.9. The van der Waals surface area contributed by atoms with Crippen molar-refractivity contribution in [3.8, 4) is 34.6 Å². The van der Waals surface area contributed by atoms with Crippen molar-refractivity contribution in [2.24, 2.45) is 0 Å². The lowest BCUT2D eigenvalue weighted by molar-refractivity contribution is 0.188. The van der Waals surface area contributed by atoms with E-state index in [9.17, 15) is 10.4 Å². The number of fused-ring (bicyclic) bond motifs is 1. The zero-order valence-electron chi connectivity index (χ0n) is 23.0. The maximum absolute atomic E-state index is 10.4. The fraction of sp³-hybridized carbons (Fsp3) is 0.233.